The zero-order valence-electron chi connectivity index (χ0n) is 37.0. The Balaban J connectivity index is 1.18. The van der Waals surface area contributed by atoms with Gasteiger partial charge in [0.1, 0.15) is 11.2 Å². The monoisotopic (exact) mass is 892 g/mol. The molecule has 70 heavy (non-hydrogen) atoms. The minimum atomic E-state index is 0.381. The van der Waals surface area contributed by atoms with Gasteiger partial charge in [0.25, 0.3) is 0 Å². The Morgan fingerprint density at radius 3 is 1.40 bits per heavy atom. The number of para-hydroxylation sites is 1. The summed E-state index contributed by atoms with van der Waals surface area (Å²) in [6.45, 7) is 0. The summed E-state index contributed by atoms with van der Waals surface area (Å²) >= 11 is 0. The molecular weight excluding hydrogens is 861 g/mol. The lowest BCUT2D eigenvalue weighted by molar-refractivity contribution is 0.669. The van der Waals surface area contributed by atoms with Gasteiger partial charge in [0.2, 0.25) is 0 Å². The van der Waals surface area contributed by atoms with Gasteiger partial charge in [-0.2, -0.15) is 21.0 Å². The van der Waals surface area contributed by atoms with Crippen LogP contribution in [0.15, 0.2) is 199 Å². The first-order chi connectivity index (χ1) is 34.5. The first-order valence-electron chi connectivity index (χ1n) is 22.4. The van der Waals surface area contributed by atoms with E-state index >= 15 is 0 Å². The second-order valence-electron chi connectivity index (χ2n) is 16.8. The molecule has 0 bridgehead atoms. The molecule has 9 nitrogen and oxygen atoms in total. The highest BCUT2D eigenvalue weighted by Crippen LogP contribution is 2.42. The molecule has 0 spiro atoms. The maximum absolute atomic E-state index is 10.3. The number of benzene rings is 9. The van der Waals surface area contributed by atoms with Gasteiger partial charge >= 0.3 is 0 Å². The second kappa shape index (κ2) is 16.8. The van der Waals surface area contributed by atoms with Crippen LogP contribution in [0.1, 0.15) is 22.3 Å². The zero-order valence-corrected chi connectivity index (χ0v) is 37.0. The van der Waals surface area contributed by atoms with Crippen LogP contribution >= 0.6 is 0 Å². The molecule has 0 N–H and O–H groups in total. The molecule has 3 heterocycles. The highest BCUT2D eigenvalue weighted by atomic mass is 16.3. The van der Waals surface area contributed by atoms with Crippen LogP contribution < -0.4 is 0 Å². The van der Waals surface area contributed by atoms with Crippen molar-refractivity contribution < 1.29 is 4.42 Å². The van der Waals surface area contributed by atoms with E-state index in [0.717, 1.165) is 82.8 Å². The van der Waals surface area contributed by atoms with Crippen LogP contribution in [-0.4, -0.2) is 19.5 Å². The van der Waals surface area contributed by atoms with Crippen LogP contribution in [0, 0.1) is 45.3 Å². The first kappa shape index (κ1) is 41.0. The van der Waals surface area contributed by atoms with E-state index in [9.17, 15) is 21.0 Å². The summed E-state index contributed by atoms with van der Waals surface area (Å²) in [5, 5.41) is 44.0. The number of nitriles is 4. The van der Waals surface area contributed by atoms with E-state index in [1.54, 1.807) is 24.3 Å². The number of hydrogen-bond acceptors (Lipinski definition) is 8. The molecule has 0 saturated heterocycles. The summed E-state index contributed by atoms with van der Waals surface area (Å²) in [5.74, 6) is 1.45. The van der Waals surface area contributed by atoms with Crippen LogP contribution in [-0.2, 0) is 0 Å². The molecule has 12 rings (SSSR count). The lowest BCUT2D eigenvalue weighted by Gasteiger charge is -2.17. The Hall–Kier alpha value is -10.5. The molecule has 9 heteroatoms. The average molecular weight is 893 g/mol. The fraction of sp³-hybridized carbons (Fsp3) is 0. The van der Waals surface area contributed by atoms with E-state index < -0.39 is 0 Å². The van der Waals surface area contributed by atoms with Crippen molar-refractivity contribution in [1.29, 1.82) is 21.0 Å². The van der Waals surface area contributed by atoms with Gasteiger partial charge in [-0.05, 0) is 100 Å². The van der Waals surface area contributed by atoms with Crippen LogP contribution in [0.2, 0.25) is 0 Å². The summed E-state index contributed by atoms with van der Waals surface area (Å²) in [7, 11) is 0. The topological polar surface area (TPSA) is 152 Å². The minimum Gasteiger partial charge on any atom is -0.456 e. The van der Waals surface area contributed by atoms with E-state index in [-0.39, 0.29) is 0 Å². The third-order valence-electron chi connectivity index (χ3n) is 12.8. The van der Waals surface area contributed by atoms with Crippen molar-refractivity contribution in [2.75, 3.05) is 0 Å². The highest BCUT2D eigenvalue weighted by molar-refractivity contribution is 6.12. The summed E-state index contributed by atoms with van der Waals surface area (Å²) in [5.41, 5.74) is 12.7. The molecule has 12 aromatic rings. The van der Waals surface area contributed by atoms with E-state index in [2.05, 4.69) is 95.6 Å². The molecule has 0 aliphatic rings. The van der Waals surface area contributed by atoms with Crippen molar-refractivity contribution in [2.45, 2.75) is 0 Å². The predicted molar refractivity (Wildman–Crippen MR) is 273 cm³/mol. The normalized spacial score (nSPS) is 11.1. The highest BCUT2D eigenvalue weighted by Gasteiger charge is 2.23. The quantitative estimate of drug-likeness (QED) is 0.153. The molecular formula is C61H32N8O. The predicted octanol–water partition coefficient (Wildman–Crippen LogP) is 14.4. The van der Waals surface area contributed by atoms with E-state index in [1.807, 2.05) is 103 Å². The number of nitrogens with zero attached hydrogens (tertiary/aromatic N) is 8. The van der Waals surface area contributed by atoms with Gasteiger partial charge in [0.05, 0.1) is 63.3 Å². The minimum absolute atomic E-state index is 0.381. The fourth-order valence-electron chi connectivity index (χ4n) is 9.45. The molecule has 0 aliphatic heterocycles. The van der Waals surface area contributed by atoms with Gasteiger partial charge in [-0.1, -0.05) is 127 Å². The molecule has 0 fully saturated rings. The molecule has 322 valence electrons. The van der Waals surface area contributed by atoms with Crippen molar-refractivity contribution in [3.63, 3.8) is 0 Å². The zero-order chi connectivity index (χ0) is 47.3. The molecule has 0 radical (unpaired) electrons. The van der Waals surface area contributed by atoms with Gasteiger partial charge < -0.3 is 8.98 Å². The van der Waals surface area contributed by atoms with Crippen molar-refractivity contribution in [1.82, 2.24) is 19.5 Å². The van der Waals surface area contributed by atoms with Crippen molar-refractivity contribution in [2.24, 2.45) is 0 Å². The Kier molecular flexibility index (Phi) is 9.82. The summed E-state index contributed by atoms with van der Waals surface area (Å²) in [6, 6.07) is 71.8. The second-order valence-corrected chi connectivity index (χ2v) is 16.8. The lowest BCUT2D eigenvalue weighted by Crippen LogP contribution is -2.04. The summed E-state index contributed by atoms with van der Waals surface area (Å²) in [6.07, 6.45) is 0. The third kappa shape index (κ3) is 6.97. The number of fused-ring (bicyclic) bond motifs is 6. The van der Waals surface area contributed by atoms with Gasteiger partial charge in [-0.25, -0.2) is 15.0 Å². The molecule has 0 aliphatic carbocycles. The fourth-order valence-corrected chi connectivity index (χ4v) is 9.45. The molecule has 0 amide bonds. The van der Waals surface area contributed by atoms with Crippen LogP contribution in [0.4, 0.5) is 0 Å². The van der Waals surface area contributed by atoms with E-state index in [1.165, 1.54) is 0 Å². The van der Waals surface area contributed by atoms with Gasteiger partial charge in [-0.15, -0.1) is 0 Å². The third-order valence-corrected chi connectivity index (χ3v) is 12.8. The number of aromatic nitrogens is 4. The van der Waals surface area contributed by atoms with Crippen LogP contribution in [0.5, 0.6) is 0 Å². The van der Waals surface area contributed by atoms with Crippen molar-refractivity contribution in [3.05, 3.63) is 216 Å². The van der Waals surface area contributed by atoms with Gasteiger partial charge in [0.15, 0.2) is 17.5 Å². The maximum atomic E-state index is 10.3. The molecule has 3 aromatic heterocycles. The molecule has 0 atom stereocenters. The Morgan fingerprint density at radius 1 is 0.343 bits per heavy atom. The maximum Gasteiger partial charge on any atom is 0.166 e. The van der Waals surface area contributed by atoms with Crippen LogP contribution in [0.25, 0.3) is 117 Å². The first-order valence-corrected chi connectivity index (χ1v) is 22.4. The van der Waals surface area contributed by atoms with Gasteiger partial charge in [0, 0.05) is 38.2 Å². The Morgan fingerprint density at radius 2 is 0.829 bits per heavy atom. The van der Waals surface area contributed by atoms with E-state index in [0.29, 0.717) is 56.4 Å². The SMILES string of the molecule is N#Cc1ccc(-c2ccc3c4ccc(-c5ccc(C#N)cc5C#N)cc4n(-c4ccc(-c5ccc6c(c5)oc5ccccc56)cc4-c4nc(-c5ccccc5)nc(-c5ccccc5)n4)c3c2)c(C#N)c1. The van der Waals surface area contributed by atoms with E-state index in [4.69, 9.17) is 19.4 Å². The summed E-state index contributed by atoms with van der Waals surface area (Å²) in [4.78, 5) is 15.6. The average Bonchev–Trinajstić information content (AvgIpc) is 3.97. The Bertz CT molecular complexity index is 4100. The van der Waals surface area contributed by atoms with Crippen LogP contribution in [0.3, 0.4) is 0 Å². The largest absolute Gasteiger partial charge is 0.456 e. The van der Waals surface area contributed by atoms with Crippen molar-refractivity contribution in [3.8, 4) is 97.5 Å². The molecule has 0 saturated carbocycles. The standard InChI is InChI=1S/C61H32N8O/c62-33-37-15-21-47(45(27-37)35-64)43-18-23-49-50-24-19-44(48-22-16-38(34-63)28-46(48)36-65)31-56(50)69(55(49)30-43)54-26-20-41(42-17-25-52-51-13-7-8-14-57(51)70-58(52)32-42)29-53(54)61-67-59(39-9-3-1-4-10-39)66-60(68-61)40-11-5-2-6-12-40/h1-32H. The number of furan rings is 1. The lowest BCUT2D eigenvalue weighted by atomic mass is 9.96. The molecule has 0 unspecified atom stereocenters. The number of hydrogen-bond donors (Lipinski definition) is 0. The summed E-state index contributed by atoms with van der Waals surface area (Å²) < 4.78 is 8.58. The molecule has 9 aromatic carbocycles. The van der Waals surface area contributed by atoms with Gasteiger partial charge in [-0.3, -0.25) is 0 Å². The Labute approximate surface area is 400 Å². The number of rotatable bonds is 7. The smallest absolute Gasteiger partial charge is 0.166 e. The van der Waals surface area contributed by atoms with Crippen molar-refractivity contribution >= 4 is 43.7 Å².